The van der Waals surface area contributed by atoms with E-state index in [0.29, 0.717) is 13.1 Å². The molecule has 0 saturated carbocycles. The highest BCUT2D eigenvalue weighted by Gasteiger charge is 2.20. The van der Waals surface area contributed by atoms with Crippen LogP contribution in [0.4, 0.5) is 0 Å². The van der Waals surface area contributed by atoms with Crippen LogP contribution in [0.2, 0.25) is 0 Å². The maximum atomic E-state index is 12.2. The topological polar surface area (TPSA) is 67.2 Å². The molecule has 0 bridgehead atoms. The summed E-state index contributed by atoms with van der Waals surface area (Å²) in [5.74, 6) is -0.239. The molecule has 0 atom stereocenters. The summed E-state index contributed by atoms with van der Waals surface area (Å²) in [5.41, 5.74) is 0.0878. The minimum Gasteiger partial charge on any atom is -0.350 e. The van der Waals surface area contributed by atoms with Crippen molar-refractivity contribution in [3.63, 3.8) is 0 Å². The lowest BCUT2D eigenvalue weighted by Crippen LogP contribution is -2.40. The number of unbranched alkanes of at least 4 members (excludes halogenated alkanes) is 1. The molecular formula is C16H28N4O2. The lowest BCUT2D eigenvalue weighted by Gasteiger charge is -2.28. The molecule has 0 aliphatic rings. The van der Waals surface area contributed by atoms with Crippen molar-refractivity contribution < 1.29 is 4.79 Å². The first kappa shape index (κ1) is 18.4. The Hall–Kier alpha value is -1.69. The van der Waals surface area contributed by atoms with E-state index in [0.717, 1.165) is 19.4 Å². The fourth-order valence-electron chi connectivity index (χ4n) is 2.36. The third kappa shape index (κ3) is 5.97. The second kappa shape index (κ2) is 8.08. The highest BCUT2D eigenvalue weighted by atomic mass is 16.2. The van der Waals surface area contributed by atoms with Gasteiger partial charge in [0.1, 0.15) is 5.69 Å². The first-order valence-corrected chi connectivity index (χ1v) is 7.76. The monoisotopic (exact) mass is 308 g/mol. The summed E-state index contributed by atoms with van der Waals surface area (Å²) in [4.78, 5) is 26.0. The van der Waals surface area contributed by atoms with Crippen molar-refractivity contribution in [3.05, 3.63) is 28.2 Å². The van der Waals surface area contributed by atoms with Crippen LogP contribution in [0.5, 0.6) is 0 Å². The summed E-state index contributed by atoms with van der Waals surface area (Å²) >= 11 is 0. The van der Waals surface area contributed by atoms with Crippen LogP contribution >= 0.6 is 0 Å². The minimum absolute atomic E-state index is 0.0319. The van der Waals surface area contributed by atoms with E-state index in [1.54, 1.807) is 0 Å². The van der Waals surface area contributed by atoms with E-state index in [-0.39, 0.29) is 22.6 Å². The van der Waals surface area contributed by atoms with Gasteiger partial charge in [-0.25, -0.2) is 4.68 Å². The Morgan fingerprint density at radius 2 is 2.05 bits per heavy atom. The predicted molar refractivity (Wildman–Crippen MR) is 88.1 cm³/mol. The number of carbonyl (C=O) groups is 1. The predicted octanol–water partition coefficient (Wildman–Crippen LogP) is 1.36. The van der Waals surface area contributed by atoms with Gasteiger partial charge in [0.2, 0.25) is 0 Å². The summed E-state index contributed by atoms with van der Waals surface area (Å²) in [6.45, 7) is 8.22. The van der Waals surface area contributed by atoms with Gasteiger partial charge in [-0.1, -0.05) is 27.2 Å². The van der Waals surface area contributed by atoms with E-state index < -0.39 is 0 Å². The fourth-order valence-corrected chi connectivity index (χ4v) is 2.36. The molecule has 124 valence electrons. The molecule has 6 heteroatoms. The van der Waals surface area contributed by atoms with Crippen LogP contribution in [0.1, 0.15) is 44.1 Å². The van der Waals surface area contributed by atoms with E-state index in [1.165, 1.54) is 16.8 Å². The Bertz CT molecular complexity index is 549. The van der Waals surface area contributed by atoms with E-state index in [9.17, 15) is 9.59 Å². The van der Waals surface area contributed by atoms with Gasteiger partial charge in [0, 0.05) is 25.7 Å². The molecule has 0 saturated heterocycles. The molecule has 1 rings (SSSR count). The molecule has 6 nitrogen and oxygen atoms in total. The molecule has 0 radical (unpaired) electrons. The highest BCUT2D eigenvalue weighted by molar-refractivity contribution is 5.92. The summed E-state index contributed by atoms with van der Waals surface area (Å²) in [5, 5.41) is 7.06. The van der Waals surface area contributed by atoms with E-state index in [4.69, 9.17) is 0 Å². The van der Waals surface area contributed by atoms with Crippen LogP contribution in [-0.2, 0) is 6.54 Å². The van der Waals surface area contributed by atoms with E-state index >= 15 is 0 Å². The third-order valence-electron chi connectivity index (χ3n) is 3.29. The van der Waals surface area contributed by atoms with Crippen molar-refractivity contribution in [1.29, 1.82) is 0 Å². The average molecular weight is 308 g/mol. The van der Waals surface area contributed by atoms with Crippen LogP contribution in [0.15, 0.2) is 16.9 Å². The molecule has 1 aromatic rings. The van der Waals surface area contributed by atoms with Crippen LogP contribution < -0.4 is 10.9 Å². The van der Waals surface area contributed by atoms with Crippen molar-refractivity contribution in [2.45, 2.75) is 40.2 Å². The lowest BCUT2D eigenvalue weighted by atomic mass is 9.93. The lowest BCUT2D eigenvalue weighted by molar-refractivity contribution is 0.0921. The molecule has 0 fully saturated rings. The largest absolute Gasteiger partial charge is 0.350 e. The Morgan fingerprint density at radius 3 is 2.64 bits per heavy atom. The molecule has 0 aromatic carbocycles. The van der Waals surface area contributed by atoms with Gasteiger partial charge in [-0.05, 0) is 32.0 Å². The molecule has 0 spiro atoms. The second-order valence-corrected chi connectivity index (χ2v) is 6.72. The molecule has 1 amide bonds. The second-order valence-electron chi connectivity index (χ2n) is 6.72. The zero-order chi connectivity index (χ0) is 16.8. The molecule has 22 heavy (non-hydrogen) atoms. The van der Waals surface area contributed by atoms with Gasteiger partial charge >= 0.3 is 0 Å². The number of hydrogen-bond donors (Lipinski definition) is 1. The van der Waals surface area contributed by atoms with Gasteiger partial charge in [0.15, 0.2) is 0 Å². The standard InChI is InChI=1S/C16H28N4O2/c1-6-7-10-20-14(21)9-8-13(18-20)15(22)17-11-16(2,3)12-19(4)5/h8-9H,6-7,10-12H2,1-5H3,(H,17,22). The van der Waals surface area contributed by atoms with Crippen LogP contribution in [0.25, 0.3) is 0 Å². The van der Waals surface area contributed by atoms with Crippen molar-refractivity contribution >= 4 is 5.91 Å². The molecule has 1 aromatic heterocycles. The minimum atomic E-state index is -0.239. The number of carbonyl (C=O) groups excluding carboxylic acids is 1. The Balaban J connectivity index is 2.71. The van der Waals surface area contributed by atoms with Crippen LogP contribution in [-0.4, -0.2) is 47.8 Å². The van der Waals surface area contributed by atoms with Gasteiger partial charge in [0.25, 0.3) is 11.5 Å². The van der Waals surface area contributed by atoms with Gasteiger partial charge in [-0.15, -0.1) is 0 Å². The molecule has 0 aliphatic heterocycles. The number of amides is 1. The van der Waals surface area contributed by atoms with E-state index in [1.807, 2.05) is 14.1 Å². The highest BCUT2D eigenvalue weighted by Crippen LogP contribution is 2.14. The maximum Gasteiger partial charge on any atom is 0.271 e. The Kier molecular flexibility index (Phi) is 6.74. The molecule has 0 unspecified atom stereocenters. The van der Waals surface area contributed by atoms with Crippen molar-refractivity contribution in [2.75, 3.05) is 27.2 Å². The summed E-state index contributed by atoms with van der Waals surface area (Å²) < 4.78 is 1.36. The first-order valence-electron chi connectivity index (χ1n) is 7.76. The number of aromatic nitrogens is 2. The zero-order valence-corrected chi connectivity index (χ0v) is 14.3. The average Bonchev–Trinajstić information content (AvgIpc) is 2.42. The first-order chi connectivity index (χ1) is 10.2. The number of rotatable bonds is 8. The summed E-state index contributed by atoms with van der Waals surface area (Å²) in [6.07, 6.45) is 1.84. The summed E-state index contributed by atoms with van der Waals surface area (Å²) in [6, 6.07) is 2.89. The molecule has 1 N–H and O–H groups in total. The molecule has 0 aliphatic carbocycles. The maximum absolute atomic E-state index is 12.2. The Labute approximate surface area is 132 Å². The smallest absolute Gasteiger partial charge is 0.271 e. The van der Waals surface area contributed by atoms with Crippen molar-refractivity contribution in [2.24, 2.45) is 5.41 Å². The molecular weight excluding hydrogens is 280 g/mol. The molecule has 1 heterocycles. The van der Waals surface area contributed by atoms with Crippen LogP contribution in [0, 0.1) is 5.41 Å². The normalized spacial score (nSPS) is 11.7. The van der Waals surface area contributed by atoms with Gasteiger partial charge in [0.05, 0.1) is 0 Å². The third-order valence-corrected chi connectivity index (χ3v) is 3.29. The fraction of sp³-hybridized carbons (Fsp3) is 0.688. The van der Waals surface area contributed by atoms with Gasteiger partial charge in [-0.2, -0.15) is 5.10 Å². The van der Waals surface area contributed by atoms with Gasteiger partial charge < -0.3 is 10.2 Å². The SMILES string of the molecule is CCCCn1nc(C(=O)NCC(C)(C)CN(C)C)ccc1=O. The van der Waals surface area contributed by atoms with Crippen molar-refractivity contribution in [3.8, 4) is 0 Å². The van der Waals surface area contributed by atoms with Crippen LogP contribution in [0.3, 0.4) is 0 Å². The number of aryl methyl sites for hydroxylation is 1. The number of nitrogens with zero attached hydrogens (tertiary/aromatic N) is 3. The quantitative estimate of drug-likeness (QED) is 0.787. The zero-order valence-electron chi connectivity index (χ0n) is 14.3. The summed E-state index contributed by atoms with van der Waals surface area (Å²) in [7, 11) is 4.02. The van der Waals surface area contributed by atoms with Gasteiger partial charge in [-0.3, -0.25) is 9.59 Å². The Morgan fingerprint density at radius 1 is 1.36 bits per heavy atom. The number of hydrogen-bond acceptors (Lipinski definition) is 4. The number of nitrogens with one attached hydrogen (secondary N) is 1. The van der Waals surface area contributed by atoms with Crippen molar-refractivity contribution in [1.82, 2.24) is 20.0 Å². The van der Waals surface area contributed by atoms with E-state index in [2.05, 4.69) is 36.1 Å².